The molecule has 0 radical (unpaired) electrons. The van der Waals surface area contributed by atoms with Crippen molar-refractivity contribution in [1.29, 1.82) is 0 Å². The molecule has 4 nitrogen and oxygen atoms in total. The molecular weight excluding hydrogens is 230 g/mol. The quantitative estimate of drug-likeness (QED) is 0.875. The minimum absolute atomic E-state index is 0.0523. The van der Waals surface area contributed by atoms with Gasteiger partial charge in [0, 0.05) is 5.69 Å². The molecule has 1 amide bonds. The Kier molecular flexibility index (Phi) is 5.16. The Morgan fingerprint density at radius 1 is 1.22 bits per heavy atom. The van der Waals surface area contributed by atoms with E-state index in [1.54, 1.807) is 12.1 Å². The number of amides is 1. The number of benzene rings is 1. The fourth-order valence-electron chi connectivity index (χ4n) is 1.28. The van der Waals surface area contributed by atoms with Gasteiger partial charge in [-0.1, -0.05) is 0 Å². The van der Waals surface area contributed by atoms with Crippen LogP contribution < -0.4 is 10.1 Å². The maximum Gasteiger partial charge on any atom is 0.250 e. The molecule has 0 aliphatic rings. The van der Waals surface area contributed by atoms with Crippen LogP contribution in [0.3, 0.4) is 0 Å². The molecule has 1 N–H and O–H groups in total. The molecule has 0 aromatic heterocycles. The minimum atomic E-state index is -0.309. The molecule has 0 aliphatic carbocycles. The number of hydrogen-bond acceptors (Lipinski definition) is 3. The van der Waals surface area contributed by atoms with Gasteiger partial charge in [0.2, 0.25) is 5.91 Å². The lowest BCUT2D eigenvalue weighted by atomic mass is 10.2. The number of ether oxygens (including phenoxy) is 2. The molecule has 0 aliphatic heterocycles. The Hall–Kier alpha value is -1.55. The van der Waals surface area contributed by atoms with Crippen molar-refractivity contribution in [3.05, 3.63) is 24.3 Å². The zero-order chi connectivity index (χ0) is 13.6. The van der Waals surface area contributed by atoms with Crippen molar-refractivity contribution in [2.45, 2.75) is 33.3 Å². The number of hydrogen-bond donors (Lipinski definition) is 1. The van der Waals surface area contributed by atoms with E-state index in [0.717, 1.165) is 11.4 Å². The van der Waals surface area contributed by atoms with Gasteiger partial charge in [0.05, 0.1) is 12.2 Å². The third kappa shape index (κ3) is 5.68. The van der Waals surface area contributed by atoms with Gasteiger partial charge in [-0.3, -0.25) is 4.79 Å². The molecule has 0 fully saturated rings. The van der Waals surface area contributed by atoms with Crippen molar-refractivity contribution < 1.29 is 14.3 Å². The maximum absolute atomic E-state index is 11.6. The van der Waals surface area contributed by atoms with Crippen LogP contribution >= 0.6 is 0 Å². The van der Waals surface area contributed by atoms with E-state index in [0.29, 0.717) is 6.61 Å². The molecule has 1 aromatic rings. The normalized spacial score (nSPS) is 11.1. The van der Waals surface area contributed by atoms with Crippen molar-refractivity contribution >= 4 is 11.6 Å². The number of carbonyl (C=O) groups excluding carboxylic acids is 1. The molecule has 0 saturated carbocycles. The van der Waals surface area contributed by atoms with Gasteiger partial charge >= 0.3 is 0 Å². The summed E-state index contributed by atoms with van der Waals surface area (Å²) >= 11 is 0. The van der Waals surface area contributed by atoms with Crippen molar-refractivity contribution in [3.8, 4) is 5.75 Å². The van der Waals surface area contributed by atoms with Crippen LogP contribution in [0.5, 0.6) is 5.75 Å². The van der Waals surface area contributed by atoms with Crippen LogP contribution in [0.1, 0.15) is 27.7 Å². The largest absolute Gasteiger partial charge is 0.494 e. The molecule has 18 heavy (non-hydrogen) atoms. The smallest absolute Gasteiger partial charge is 0.250 e. The highest BCUT2D eigenvalue weighted by Crippen LogP contribution is 2.15. The lowest BCUT2D eigenvalue weighted by Crippen LogP contribution is -2.27. The van der Waals surface area contributed by atoms with E-state index >= 15 is 0 Å². The highest BCUT2D eigenvalue weighted by molar-refractivity contribution is 5.91. The topological polar surface area (TPSA) is 47.6 Å². The average molecular weight is 251 g/mol. The molecule has 0 unspecified atom stereocenters. The molecular formula is C14H21NO3. The zero-order valence-corrected chi connectivity index (χ0v) is 11.4. The highest BCUT2D eigenvalue weighted by Gasteiger charge is 2.12. The van der Waals surface area contributed by atoms with E-state index < -0.39 is 0 Å². The lowest BCUT2D eigenvalue weighted by molar-refractivity contribution is -0.125. The van der Waals surface area contributed by atoms with Crippen molar-refractivity contribution in [2.75, 3.05) is 18.5 Å². The monoisotopic (exact) mass is 251 g/mol. The van der Waals surface area contributed by atoms with Crippen molar-refractivity contribution in [2.24, 2.45) is 0 Å². The Bertz CT molecular complexity index is 379. The summed E-state index contributed by atoms with van der Waals surface area (Å²) in [6.07, 6.45) is 0. The van der Waals surface area contributed by atoms with Gasteiger partial charge in [0.25, 0.3) is 0 Å². The van der Waals surface area contributed by atoms with Gasteiger partial charge in [-0.25, -0.2) is 0 Å². The molecule has 0 saturated heterocycles. The summed E-state index contributed by atoms with van der Waals surface area (Å²) in [5.74, 6) is 0.635. The molecule has 4 heteroatoms. The Balaban J connectivity index is 2.44. The second-order valence-corrected chi connectivity index (χ2v) is 4.91. The number of carbonyl (C=O) groups is 1. The minimum Gasteiger partial charge on any atom is -0.494 e. The van der Waals surface area contributed by atoms with Crippen LogP contribution in [-0.2, 0) is 9.53 Å². The number of rotatable bonds is 5. The van der Waals surface area contributed by atoms with Gasteiger partial charge in [-0.05, 0) is 52.0 Å². The molecule has 0 heterocycles. The predicted octanol–water partition coefficient (Wildman–Crippen LogP) is 2.84. The summed E-state index contributed by atoms with van der Waals surface area (Å²) in [6, 6.07) is 7.26. The van der Waals surface area contributed by atoms with Crippen LogP contribution in [0.25, 0.3) is 0 Å². The third-order valence-corrected chi connectivity index (χ3v) is 2.09. The van der Waals surface area contributed by atoms with Crippen LogP contribution in [0.2, 0.25) is 0 Å². The first kappa shape index (κ1) is 14.5. The van der Waals surface area contributed by atoms with Gasteiger partial charge in [0.1, 0.15) is 12.4 Å². The second kappa shape index (κ2) is 6.40. The van der Waals surface area contributed by atoms with E-state index in [1.807, 2.05) is 39.8 Å². The summed E-state index contributed by atoms with van der Waals surface area (Å²) in [5.41, 5.74) is 0.428. The molecule has 1 aromatic carbocycles. The third-order valence-electron chi connectivity index (χ3n) is 2.09. The first-order valence-corrected chi connectivity index (χ1v) is 6.07. The summed E-state index contributed by atoms with van der Waals surface area (Å²) in [5, 5.41) is 2.76. The number of anilines is 1. The SMILES string of the molecule is CCOc1ccc(NC(=O)COC(C)(C)C)cc1. The van der Waals surface area contributed by atoms with E-state index in [4.69, 9.17) is 9.47 Å². The zero-order valence-electron chi connectivity index (χ0n) is 11.4. The fraction of sp³-hybridized carbons (Fsp3) is 0.500. The van der Waals surface area contributed by atoms with Crippen LogP contribution in [0, 0.1) is 0 Å². The van der Waals surface area contributed by atoms with E-state index in [-0.39, 0.29) is 18.1 Å². The van der Waals surface area contributed by atoms with Gasteiger partial charge in [0.15, 0.2) is 0 Å². The molecule has 100 valence electrons. The first-order chi connectivity index (χ1) is 8.40. The number of nitrogens with one attached hydrogen (secondary N) is 1. The molecule has 0 atom stereocenters. The van der Waals surface area contributed by atoms with E-state index in [2.05, 4.69) is 5.32 Å². The highest BCUT2D eigenvalue weighted by atomic mass is 16.5. The second-order valence-electron chi connectivity index (χ2n) is 4.91. The molecule has 0 bridgehead atoms. The predicted molar refractivity (Wildman–Crippen MR) is 71.9 cm³/mol. The first-order valence-electron chi connectivity index (χ1n) is 6.07. The van der Waals surface area contributed by atoms with E-state index in [1.165, 1.54) is 0 Å². The summed E-state index contributed by atoms with van der Waals surface area (Å²) in [4.78, 5) is 11.6. The average Bonchev–Trinajstić information content (AvgIpc) is 2.29. The Labute approximate surface area is 108 Å². The Morgan fingerprint density at radius 2 is 1.83 bits per heavy atom. The summed E-state index contributed by atoms with van der Waals surface area (Å²) in [6.45, 7) is 8.35. The Morgan fingerprint density at radius 3 is 2.33 bits per heavy atom. The van der Waals surface area contributed by atoms with Crippen molar-refractivity contribution in [1.82, 2.24) is 0 Å². The van der Waals surface area contributed by atoms with Gasteiger partial charge in [-0.15, -0.1) is 0 Å². The molecule has 0 spiro atoms. The lowest BCUT2D eigenvalue weighted by Gasteiger charge is -2.19. The summed E-state index contributed by atoms with van der Waals surface area (Å²) in [7, 11) is 0. The van der Waals surface area contributed by atoms with E-state index in [9.17, 15) is 4.79 Å². The van der Waals surface area contributed by atoms with Gasteiger partial charge < -0.3 is 14.8 Å². The van der Waals surface area contributed by atoms with Crippen molar-refractivity contribution in [3.63, 3.8) is 0 Å². The van der Waals surface area contributed by atoms with Gasteiger partial charge in [-0.2, -0.15) is 0 Å². The van der Waals surface area contributed by atoms with Crippen LogP contribution in [0.4, 0.5) is 5.69 Å². The maximum atomic E-state index is 11.6. The van der Waals surface area contributed by atoms with Crippen LogP contribution in [0.15, 0.2) is 24.3 Å². The standard InChI is InChI=1S/C14H21NO3/c1-5-17-12-8-6-11(7-9-12)15-13(16)10-18-14(2,3)4/h6-9H,5,10H2,1-4H3,(H,15,16). The van der Waals surface area contributed by atoms with Crippen LogP contribution in [-0.4, -0.2) is 24.7 Å². The summed E-state index contributed by atoms with van der Waals surface area (Å²) < 4.78 is 10.7. The fourth-order valence-corrected chi connectivity index (χ4v) is 1.28. The molecule has 1 rings (SSSR count).